The van der Waals surface area contributed by atoms with Gasteiger partial charge in [-0.15, -0.1) is 0 Å². The molecule has 174 valence electrons. The Morgan fingerprint density at radius 1 is 1.13 bits per heavy atom. The maximum Gasteiger partial charge on any atom is 0.419 e. The maximum absolute atomic E-state index is 12.6. The molecule has 0 spiro atoms. The Morgan fingerprint density at radius 2 is 1.68 bits per heavy atom. The van der Waals surface area contributed by atoms with Gasteiger partial charge in [0.2, 0.25) is 0 Å². The van der Waals surface area contributed by atoms with E-state index in [1.807, 2.05) is 13.2 Å². The number of ether oxygens (including phenoxy) is 3. The number of nitrogens with zero attached hydrogens (tertiary/aromatic N) is 3. The summed E-state index contributed by atoms with van der Waals surface area (Å²) in [5.41, 5.74) is -1.57. The van der Waals surface area contributed by atoms with Gasteiger partial charge >= 0.3 is 18.2 Å². The van der Waals surface area contributed by atoms with Gasteiger partial charge in [0, 0.05) is 19.8 Å². The van der Waals surface area contributed by atoms with Gasteiger partial charge in [0.25, 0.3) is 0 Å². The third-order valence-corrected chi connectivity index (χ3v) is 4.98. The number of hydrogen-bond acceptors (Lipinski definition) is 7. The van der Waals surface area contributed by atoms with Crippen LogP contribution in [0.15, 0.2) is 12.5 Å². The normalized spacial score (nSPS) is 20.7. The molecule has 1 aliphatic rings. The lowest BCUT2D eigenvalue weighted by molar-refractivity contribution is -0.144. The van der Waals surface area contributed by atoms with Crippen molar-refractivity contribution in [1.29, 1.82) is 0 Å². The molecule has 2 unspecified atom stereocenters. The minimum atomic E-state index is -0.765. The molecule has 2 atom stereocenters. The first-order chi connectivity index (χ1) is 14.2. The number of aryl methyl sites for hydroxylation is 1. The summed E-state index contributed by atoms with van der Waals surface area (Å²) in [4.78, 5) is 43.1. The molecule has 2 amide bonds. The number of carbonyl (C=O) groups is 3. The lowest BCUT2D eigenvalue weighted by Gasteiger charge is -2.28. The van der Waals surface area contributed by atoms with Crippen LogP contribution in [0.5, 0.6) is 0 Å². The summed E-state index contributed by atoms with van der Waals surface area (Å²) in [6.45, 7) is 10.5. The third kappa shape index (κ3) is 6.21. The highest BCUT2D eigenvalue weighted by Crippen LogP contribution is 2.56. The van der Waals surface area contributed by atoms with Crippen LogP contribution in [-0.4, -0.2) is 57.5 Å². The SMILES string of the molecule is COC(=O)C1(c2cn(C)cn2)CC1CCCN(C(=O)OC(C)(C)C)C(=O)OC(C)(C)C. The highest BCUT2D eigenvalue weighted by Gasteiger charge is 2.63. The summed E-state index contributed by atoms with van der Waals surface area (Å²) in [5, 5.41) is 0. The van der Waals surface area contributed by atoms with E-state index in [9.17, 15) is 14.4 Å². The first-order valence-electron chi connectivity index (χ1n) is 10.5. The van der Waals surface area contributed by atoms with Crippen molar-refractivity contribution in [3.63, 3.8) is 0 Å². The molecular weight excluding hydrogens is 402 g/mol. The molecule has 1 fully saturated rings. The Morgan fingerprint density at radius 3 is 2.10 bits per heavy atom. The molecule has 1 aromatic heterocycles. The Labute approximate surface area is 184 Å². The topological polar surface area (TPSA) is 100.0 Å². The predicted octanol–water partition coefficient (Wildman–Crippen LogP) is 3.80. The van der Waals surface area contributed by atoms with Crippen molar-refractivity contribution in [1.82, 2.24) is 14.5 Å². The minimum absolute atomic E-state index is 0.0222. The third-order valence-electron chi connectivity index (χ3n) is 4.98. The molecule has 2 rings (SSSR count). The van der Waals surface area contributed by atoms with Crippen LogP contribution < -0.4 is 0 Å². The summed E-state index contributed by atoms with van der Waals surface area (Å²) in [6.07, 6.45) is 3.72. The standard InChI is InChI=1S/C22H35N3O6/c1-20(2,3)30-18(27)25(19(28)31-21(4,5)6)11-9-10-15-12-22(15,17(26)29-8)16-13-24(7)14-23-16/h13-15H,9-12H2,1-8H3. The number of hydrogen-bond donors (Lipinski definition) is 0. The second kappa shape index (κ2) is 8.88. The van der Waals surface area contributed by atoms with Crippen molar-refractivity contribution < 1.29 is 28.6 Å². The van der Waals surface area contributed by atoms with Gasteiger partial charge in [0.05, 0.1) is 19.1 Å². The zero-order valence-corrected chi connectivity index (χ0v) is 19.9. The average Bonchev–Trinajstić information content (AvgIpc) is 3.17. The predicted molar refractivity (Wildman–Crippen MR) is 113 cm³/mol. The summed E-state index contributed by atoms with van der Waals surface area (Å²) in [7, 11) is 3.22. The second-order valence-electron chi connectivity index (χ2n) is 10.0. The molecule has 9 nitrogen and oxygen atoms in total. The largest absolute Gasteiger partial charge is 0.468 e. The van der Waals surface area contributed by atoms with E-state index in [1.165, 1.54) is 7.11 Å². The second-order valence-corrected chi connectivity index (χ2v) is 10.0. The van der Waals surface area contributed by atoms with Crippen LogP contribution in [0.1, 0.15) is 66.5 Å². The molecule has 9 heteroatoms. The van der Waals surface area contributed by atoms with Gasteiger partial charge in [-0.25, -0.2) is 19.5 Å². The number of aromatic nitrogens is 2. The number of amides is 2. The Kier molecular flexibility index (Phi) is 7.07. The molecule has 31 heavy (non-hydrogen) atoms. The Bertz CT molecular complexity index is 792. The number of rotatable bonds is 6. The minimum Gasteiger partial charge on any atom is -0.468 e. The summed E-state index contributed by atoms with van der Waals surface area (Å²) < 4.78 is 17.6. The van der Waals surface area contributed by atoms with Crippen LogP contribution in [0.4, 0.5) is 9.59 Å². The molecule has 0 aliphatic heterocycles. The molecule has 1 saturated carbocycles. The van der Waals surface area contributed by atoms with Crippen LogP contribution in [0.3, 0.4) is 0 Å². The van der Waals surface area contributed by atoms with E-state index >= 15 is 0 Å². The first-order valence-corrected chi connectivity index (χ1v) is 10.5. The molecule has 1 aromatic rings. The highest BCUT2D eigenvalue weighted by atomic mass is 16.6. The summed E-state index contributed by atoms with van der Waals surface area (Å²) in [5.74, 6) is -0.290. The number of imide groups is 1. The molecule has 0 aromatic carbocycles. The van der Waals surface area contributed by atoms with E-state index in [0.717, 1.165) is 4.90 Å². The molecule has 0 bridgehead atoms. The lowest BCUT2D eigenvalue weighted by Crippen LogP contribution is -2.44. The zero-order valence-electron chi connectivity index (χ0n) is 19.9. The molecule has 0 radical (unpaired) electrons. The molecule has 1 heterocycles. The van der Waals surface area contributed by atoms with Gasteiger partial charge in [-0.05, 0) is 66.7 Å². The van der Waals surface area contributed by atoms with E-state index in [1.54, 1.807) is 52.4 Å². The van der Waals surface area contributed by atoms with Gasteiger partial charge in [-0.2, -0.15) is 0 Å². The van der Waals surface area contributed by atoms with Crippen molar-refractivity contribution in [2.45, 2.75) is 77.4 Å². The summed E-state index contributed by atoms with van der Waals surface area (Å²) >= 11 is 0. The van der Waals surface area contributed by atoms with E-state index < -0.39 is 28.8 Å². The van der Waals surface area contributed by atoms with E-state index in [-0.39, 0.29) is 18.4 Å². The Balaban J connectivity index is 2.07. The lowest BCUT2D eigenvalue weighted by atomic mass is 9.97. The molecule has 1 aliphatic carbocycles. The van der Waals surface area contributed by atoms with Crippen molar-refractivity contribution in [2.24, 2.45) is 13.0 Å². The van der Waals surface area contributed by atoms with Crippen molar-refractivity contribution in [3.8, 4) is 0 Å². The van der Waals surface area contributed by atoms with Gasteiger partial charge in [0.1, 0.15) is 16.6 Å². The van der Waals surface area contributed by atoms with Gasteiger partial charge < -0.3 is 18.8 Å². The molecular formula is C22H35N3O6. The fourth-order valence-electron chi connectivity index (χ4n) is 3.56. The zero-order chi connectivity index (χ0) is 23.6. The van der Waals surface area contributed by atoms with E-state index in [2.05, 4.69) is 4.98 Å². The van der Waals surface area contributed by atoms with Gasteiger partial charge in [-0.3, -0.25) is 4.79 Å². The van der Waals surface area contributed by atoms with Gasteiger partial charge in [-0.1, -0.05) is 0 Å². The van der Waals surface area contributed by atoms with E-state index in [4.69, 9.17) is 14.2 Å². The number of imidazole rings is 1. The number of carbonyl (C=O) groups excluding carboxylic acids is 3. The van der Waals surface area contributed by atoms with Crippen LogP contribution in [0.25, 0.3) is 0 Å². The van der Waals surface area contributed by atoms with Crippen LogP contribution in [0, 0.1) is 5.92 Å². The monoisotopic (exact) mass is 437 g/mol. The number of esters is 1. The Hall–Kier alpha value is -2.58. The van der Waals surface area contributed by atoms with Crippen LogP contribution in [-0.2, 0) is 31.5 Å². The van der Waals surface area contributed by atoms with Crippen LogP contribution >= 0.6 is 0 Å². The quantitative estimate of drug-likeness (QED) is 0.493. The maximum atomic E-state index is 12.6. The average molecular weight is 438 g/mol. The number of methoxy groups -OCH3 is 1. The fourth-order valence-corrected chi connectivity index (χ4v) is 3.56. The van der Waals surface area contributed by atoms with Crippen molar-refractivity contribution in [2.75, 3.05) is 13.7 Å². The van der Waals surface area contributed by atoms with Crippen molar-refractivity contribution in [3.05, 3.63) is 18.2 Å². The smallest absolute Gasteiger partial charge is 0.419 e. The van der Waals surface area contributed by atoms with E-state index in [0.29, 0.717) is 25.0 Å². The molecule has 0 N–H and O–H groups in total. The summed E-state index contributed by atoms with van der Waals surface area (Å²) in [6, 6.07) is 0. The first kappa shape index (κ1) is 24.7. The fraction of sp³-hybridized carbons (Fsp3) is 0.727. The van der Waals surface area contributed by atoms with Gasteiger partial charge in [0.15, 0.2) is 0 Å². The molecule has 0 saturated heterocycles. The highest BCUT2D eigenvalue weighted by molar-refractivity contribution is 5.88. The van der Waals surface area contributed by atoms with Crippen molar-refractivity contribution >= 4 is 18.2 Å². The van der Waals surface area contributed by atoms with Crippen LogP contribution in [0.2, 0.25) is 0 Å².